The molecule has 2 aromatic carbocycles. The van der Waals surface area contributed by atoms with Gasteiger partial charge in [-0.15, -0.1) is 0 Å². The number of rotatable bonds is 5. The SMILES string of the molecule is CC1CCc2c(ccc3c2nc(CCc2ccccc2)n3C2CCC(C(N)=O)CC2)N1C(=O)O. The number of amides is 2. The van der Waals surface area contributed by atoms with E-state index in [0.717, 1.165) is 79.5 Å². The van der Waals surface area contributed by atoms with E-state index in [1.165, 1.54) is 10.5 Å². The van der Waals surface area contributed by atoms with Crippen molar-refractivity contribution in [3.63, 3.8) is 0 Å². The van der Waals surface area contributed by atoms with Gasteiger partial charge in [0.2, 0.25) is 5.91 Å². The summed E-state index contributed by atoms with van der Waals surface area (Å²) >= 11 is 0. The molecule has 1 saturated carbocycles. The first-order valence-electron chi connectivity index (χ1n) is 12.3. The van der Waals surface area contributed by atoms with E-state index in [-0.39, 0.29) is 23.9 Å². The minimum atomic E-state index is -0.915. The van der Waals surface area contributed by atoms with E-state index in [2.05, 4.69) is 28.8 Å². The summed E-state index contributed by atoms with van der Waals surface area (Å²) < 4.78 is 2.37. The summed E-state index contributed by atoms with van der Waals surface area (Å²) in [7, 11) is 0. The lowest BCUT2D eigenvalue weighted by Crippen LogP contribution is -2.41. The molecule has 3 N–H and O–H groups in total. The molecule has 0 bridgehead atoms. The number of carboxylic acid groups (broad SMARTS) is 1. The highest BCUT2D eigenvalue weighted by molar-refractivity contribution is 5.94. The Morgan fingerprint density at radius 2 is 1.76 bits per heavy atom. The van der Waals surface area contributed by atoms with Crippen molar-refractivity contribution in [3.8, 4) is 0 Å². The molecule has 178 valence electrons. The lowest BCUT2D eigenvalue weighted by molar-refractivity contribution is -0.122. The van der Waals surface area contributed by atoms with Crippen LogP contribution in [-0.2, 0) is 24.1 Å². The maximum Gasteiger partial charge on any atom is 0.412 e. The van der Waals surface area contributed by atoms with Crippen LogP contribution in [0, 0.1) is 5.92 Å². The predicted octanol–water partition coefficient (Wildman–Crippen LogP) is 4.86. The lowest BCUT2D eigenvalue weighted by atomic mass is 9.85. The largest absolute Gasteiger partial charge is 0.465 e. The third-order valence-corrected chi connectivity index (χ3v) is 7.68. The number of primary amides is 1. The van der Waals surface area contributed by atoms with Crippen LogP contribution in [0.2, 0.25) is 0 Å². The van der Waals surface area contributed by atoms with Crippen LogP contribution in [0.25, 0.3) is 11.0 Å². The summed E-state index contributed by atoms with van der Waals surface area (Å²) in [5, 5.41) is 9.83. The fourth-order valence-corrected chi connectivity index (χ4v) is 5.84. The van der Waals surface area contributed by atoms with Gasteiger partial charge >= 0.3 is 6.09 Å². The molecule has 1 fully saturated rings. The highest BCUT2D eigenvalue weighted by Crippen LogP contribution is 2.40. The monoisotopic (exact) mass is 460 g/mol. The van der Waals surface area contributed by atoms with Crippen molar-refractivity contribution in [1.82, 2.24) is 9.55 Å². The number of hydrogen-bond donors (Lipinski definition) is 2. The Kier molecular flexibility index (Phi) is 6.02. The van der Waals surface area contributed by atoms with Crippen molar-refractivity contribution < 1.29 is 14.7 Å². The standard InChI is InChI=1S/C27H32N4O3/c1-17-7-13-21-22(30(17)27(33)34)14-15-23-25(21)29-24(16-8-18-5-3-2-4-6-18)31(23)20-11-9-19(10-12-20)26(28)32/h2-6,14-15,17,19-20H,7-13,16H2,1H3,(H2,28,32)(H,33,34). The topological polar surface area (TPSA) is 101 Å². The van der Waals surface area contributed by atoms with Crippen LogP contribution < -0.4 is 10.6 Å². The molecule has 0 radical (unpaired) electrons. The van der Waals surface area contributed by atoms with Gasteiger partial charge in [0.05, 0.1) is 16.7 Å². The average Bonchev–Trinajstić information content (AvgIpc) is 3.21. The van der Waals surface area contributed by atoms with E-state index in [1.807, 2.05) is 25.1 Å². The summed E-state index contributed by atoms with van der Waals surface area (Å²) in [5.41, 5.74) is 10.6. The average molecular weight is 461 g/mol. The first kappa shape index (κ1) is 22.4. The third kappa shape index (κ3) is 4.04. The number of anilines is 1. The minimum Gasteiger partial charge on any atom is -0.465 e. The summed E-state index contributed by atoms with van der Waals surface area (Å²) in [6.45, 7) is 1.96. The maximum atomic E-state index is 12.0. The number of benzene rings is 2. The Balaban J connectivity index is 1.56. The van der Waals surface area contributed by atoms with Gasteiger partial charge in [-0.3, -0.25) is 9.69 Å². The quantitative estimate of drug-likeness (QED) is 0.568. The van der Waals surface area contributed by atoms with Gasteiger partial charge in [0.15, 0.2) is 0 Å². The molecule has 5 rings (SSSR count). The van der Waals surface area contributed by atoms with Gasteiger partial charge in [0.1, 0.15) is 5.82 Å². The molecule has 1 atom stereocenters. The summed E-state index contributed by atoms with van der Waals surface area (Å²) in [5.74, 6) is 0.794. The molecule has 1 aromatic heterocycles. The molecule has 34 heavy (non-hydrogen) atoms. The molecule has 2 heterocycles. The van der Waals surface area contributed by atoms with Gasteiger partial charge in [0, 0.05) is 30.0 Å². The zero-order chi connectivity index (χ0) is 23.8. The summed E-state index contributed by atoms with van der Waals surface area (Å²) in [6, 6.07) is 14.6. The second kappa shape index (κ2) is 9.12. The zero-order valence-corrected chi connectivity index (χ0v) is 19.6. The fraction of sp³-hybridized carbons (Fsp3) is 0.444. The minimum absolute atomic E-state index is 0.0443. The summed E-state index contributed by atoms with van der Waals surface area (Å²) in [6.07, 6.45) is 5.78. The molecule has 1 aliphatic carbocycles. The Hall–Kier alpha value is -3.35. The molecule has 3 aromatic rings. The second-order valence-electron chi connectivity index (χ2n) is 9.76. The third-order valence-electron chi connectivity index (χ3n) is 7.68. The Morgan fingerprint density at radius 3 is 2.44 bits per heavy atom. The highest BCUT2D eigenvalue weighted by Gasteiger charge is 2.32. The number of nitrogens with two attached hydrogens (primary N) is 1. The van der Waals surface area contributed by atoms with Crippen molar-refractivity contribution in [2.75, 3.05) is 4.90 Å². The van der Waals surface area contributed by atoms with Crippen molar-refractivity contribution in [2.45, 2.75) is 70.4 Å². The van der Waals surface area contributed by atoms with Gasteiger partial charge < -0.3 is 15.4 Å². The molecule has 0 saturated heterocycles. The fourth-order valence-electron chi connectivity index (χ4n) is 5.84. The Labute approximate surface area is 199 Å². The van der Waals surface area contributed by atoms with Crippen LogP contribution in [0.4, 0.5) is 10.5 Å². The van der Waals surface area contributed by atoms with Crippen LogP contribution in [0.5, 0.6) is 0 Å². The Morgan fingerprint density at radius 1 is 1.03 bits per heavy atom. The second-order valence-corrected chi connectivity index (χ2v) is 9.76. The Bertz CT molecular complexity index is 1210. The van der Waals surface area contributed by atoms with Gasteiger partial charge in [-0.2, -0.15) is 0 Å². The van der Waals surface area contributed by atoms with Gasteiger partial charge in [-0.1, -0.05) is 30.3 Å². The van der Waals surface area contributed by atoms with E-state index < -0.39 is 6.09 Å². The number of aryl methyl sites for hydroxylation is 3. The summed E-state index contributed by atoms with van der Waals surface area (Å²) in [4.78, 5) is 30.3. The molecule has 7 nitrogen and oxygen atoms in total. The van der Waals surface area contributed by atoms with Gasteiger partial charge in [-0.05, 0) is 69.6 Å². The molecule has 7 heteroatoms. The van der Waals surface area contributed by atoms with Crippen molar-refractivity contribution >= 4 is 28.7 Å². The number of fused-ring (bicyclic) bond motifs is 3. The number of hydrogen-bond acceptors (Lipinski definition) is 3. The first-order valence-corrected chi connectivity index (χ1v) is 12.3. The molecule has 2 aliphatic rings. The van der Waals surface area contributed by atoms with Crippen molar-refractivity contribution in [3.05, 3.63) is 59.4 Å². The van der Waals surface area contributed by atoms with Crippen LogP contribution in [0.3, 0.4) is 0 Å². The van der Waals surface area contributed by atoms with Crippen LogP contribution in [0.15, 0.2) is 42.5 Å². The number of carbonyl (C=O) groups is 2. The van der Waals surface area contributed by atoms with E-state index in [9.17, 15) is 14.7 Å². The molecular weight excluding hydrogens is 428 g/mol. The highest BCUT2D eigenvalue weighted by atomic mass is 16.4. The number of imidazole rings is 1. The molecule has 0 spiro atoms. The lowest BCUT2D eigenvalue weighted by Gasteiger charge is -2.33. The van der Waals surface area contributed by atoms with Crippen LogP contribution in [0.1, 0.15) is 62.0 Å². The number of aromatic nitrogens is 2. The smallest absolute Gasteiger partial charge is 0.412 e. The molecular formula is C27H32N4O3. The van der Waals surface area contributed by atoms with E-state index >= 15 is 0 Å². The first-order chi connectivity index (χ1) is 16.4. The predicted molar refractivity (Wildman–Crippen MR) is 132 cm³/mol. The molecule has 1 aliphatic heterocycles. The normalized spacial score (nSPS) is 22.5. The number of nitrogens with zero attached hydrogens (tertiary/aromatic N) is 3. The van der Waals surface area contributed by atoms with Crippen molar-refractivity contribution in [1.29, 1.82) is 0 Å². The van der Waals surface area contributed by atoms with Crippen molar-refractivity contribution in [2.24, 2.45) is 11.7 Å². The van der Waals surface area contributed by atoms with Crippen LogP contribution >= 0.6 is 0 Å². The molecule has 1 unspecified atom stereocenters. The van der Waals surface area contributed by atoms with Crippen LogP contribution in [-0.4, -0.2) is 32.7 Å². The number of carbonyl (C=O) groups excluding carboxylic acids is 1. The molecule has 2 amide bonds. The van der Waals surface area contributed by atoms with E-state index in [4.69, 9.17) is 10.7 Å². The van der Waals surface area contributed by atoms with E-state index in [1.54, 1.807) is 0 Å². The zero-order valence-electron chi connectivity index (χ0n) is 19.6. The van der Waals surface area contributed by atoms with Gasteiger partial charge in [0.25, 0.3) is 0 Å². The van der Waals surface area contributed by atoms with Gasteiger partial charge in [-0.25, -0.2) is 9.78 Å². The van der Waals surface area contributed by atoms with E-state index in [0.29, 0.717) is 0 Å². The maximum absolute atomic E-state index is 12.0.